The normalized spacial score (nSPS) is 10.4. The second kappa shape index (κ2) is 2.85. The monoisotopic (exact) mass is 272 g/mol. The summed E-state index contributed by atoms with van der Waals surface area (Å²) >= 11 is 2.07. The van der Waals surface area contributed by atoms with Crippen LogP contribution in [0.1, 0.15) is 0 Å². The first-order valence-electron chi connectivity index (χ1n) is 3.40. The minimum Gasteiger partial charge on any atom is -0.317 e. The summed E-state index contributed by atoms with van der Waals surface area (Å²) in [5, 5.41) is 1.57. The third-order valence-electron chi connectivity index (χ3n) is 1.61. The van der Waals surface area contributed by atoms with Crippen molar-refractivity contribution >= 4 is 33.4 Å². The van der Waals surface area contributed by atoms with Gasteiger partial charge in [0.15, 0.2) is 0 Å². The zero-order chi connectivity index (χ0) is 8.55. The average Bonchev–Trinajstić information content (AvgIpc) is 2.04. The van der Waals surface area contributed by atoms with Gasteiger partial charge in [0.25, 0.3) is 5.56 Å². The molecule has 2 aromatic heterocycles. The molecule has 0 fully saturated rings. The Hall–Kier alpha value is -0.910. The Kier molecular flexibility index (Phi) is 1.84. The summed E-state index contributed by atoms with van der Waals surface area (Å²) in [6.07, 6.45) is 3.30. The van der Waals surface area contributed by atoms with Gasteiger partial charge in [-0.2, -0.15) is 0 Å². The molecule has 0 aromatic carbocycles. The maximum Gasteiger partial charge on any atom is 0.256 e. The summed E-state index contributed by atoms with van der Waals surface area (Å²) in [4.78, 5) is 18.0. The van der Waals surface area contributed by atoms with Crippen molar-refractivity contribution in [3.05, 3.63) is 38.6 Å². The zero-order valence-corrected chi connectivity index (χ0v) is 8.20. The minimum absolute atomic E-state index is 0.0562. The summed E-state index contributed by atoms with van der Waals surface area (Å²) in [5.41, 5.74) is -0.0562. The van der Waals surface area contributed by atoms with Gasteiger partial charge >= 0.3 is 0 Å². The molecule has 0 aliphatic rings. The van der Waals surface area contributed by atoms with Crippen LogP contribution in [0.2, 0.25) is 0 Å². The van der Waals surface area contributed by atoms with Crippen molar-refractivity contribution in [1.82, 2.24) is 9.97 Å². The number of fused-ring (bicyclic) bond motifs is 1. The summed E-state index contributed by atoms with van der Waals surface area (Å²) in [6.45, 7) is 0. The Morgan fingerprint density at radius 1 is 1.50 bits per heavy atom. The molecule has 3 nitrogen and oxygen atoms in total. The highest BCUT2D eigenvalue weighted by molar-refractivity contribution is 14.1. The lowest BCUT2D eigenvalue weighted by Gasteiger charge is -1.95. The van der Waals surface area contributed by atoms with E-state index in [0.29, 0.717) is 5.39 Å². The Bertz CT molecular complexity index is 478. The molecule has 0 unspecified atom stereocenters. The van der Waals surface area contributed by atoms with E-state index in [1.165, 1.54) is 0 Å². The van der Waals surface area contributed by atoms with Crippen LogP contribution in [0.3, 0.4) is 0 Å². The molecule has 2 heterocycles. The van der Waals surface area contributed by atoms with Crippen LogP contribution in [0.25, 0.3) is 10.8 Å². The maximum atomic E-state index is 11.3. The number of hydrogen-bond donors (Lipinski definition) is 1. The fourth-order valence-electron chi connectivity index (χ4n) is 1.08. The Labute approximate surface area is 82.0 Å². The van der Waals surface area contributed by atoms with Gasteiger partial charge in [0.2, 0.25) is 0 Å². The number of nitrogens with one attached hydrogen (secondary N) is 1. The molecule has 0 spiro atoms. The Balaban J connectivity index is 2.99. The molecule has 0 saturated heterocycles. The quantitative estimate of drug-likeness (QED) is 0.584. The van der Waals surface area contributed by atoms with Gasteiger partial charge in [0.05, 0.1) is 9.09 Å². The first-order valence-corrected chi connectivity index (χ1v) is 4.48. The van der Waals surface area contributed by atoms with Crippen LogP contribution >= 0.6 is 22.6 Å². The van der Waals surface area contributed by atoms with Crippen molar-refractivity contribution in [2.45, 2.75) is 0 Å². The highest BCUT2D eigenvalue weighted by Gasteiger charge is 1.97. The van der Waals surface area contributed by atoms with Gasteiger partial charge in [-0.1, -0.05) is 0 Å². The molecular formula is C8H5IN2O. The lowest BCUT2D eigenvalue weighted by molar-refractivity contribution is 1.22. The highest BCUT2D eigenvalue weighted by atomic mass is 127. The molecule has 12 heavy (non-hydrogen) atoms. The topological polar surface area (TPSA) is 45.8 Å². The van der Waals surface area contributed by atoms with Gasteiger partial charge in [-0.15, -0.1) is 0 Å². The number of rotatable bonds is 0. The fourth-order valence-corrected chi connectivity index (χ4v) is 1.66. The standard InChI is InChI=1S/C8H5IN2O/c9-7-3-5-4-10-2-1-6(5)8(12)11-7/h1-4H,(H,11,12). The van der Waals surface area contributed by atoms with E-state index in [1.54, 1.807) is 18.5 Å². The second-order valence-electron chi connectivity index (χ2n) is 2.41. The van der Waals surface area contributed by atoms with Crippen molar-refractivity contribution < 1.29 is 0 Å². The summed E-state index contributed by atoms with van der Waals surface area (Å²) in [6, 6.07) is 3.61. The van der Waals surface area contributed by atoms with Crippen LogP contribution in [0.5, 0.6) is 0 Å². The number of halogens is 1. The predicted molar refractivity (Wildman–Crippen MR) is 55.1 cm³/mol. The van der Waals surface area contributed by atoms with Crippen LogP contribution in [0.15, 0.2) is 29.3 Å². The van der Waals surface area contributed by atoms with Gasteiger partial charge in [-0.25, -0.2) is 0 Å². The third-order valence-corrected chi connectivity index (χ3v) is 2.19. The number of pyridine rings is 2. The van der Waals surface area contributed by atoms with Crippen molar-refractivity contribution in [2.24, 2.45) is 0 Å². The van der Waals surface area contributed by atoms with E-state index in [2.05, 4.69) is 32.6 Å². The molecule has 0 aliphatic carbocycles. The number of aromatic nitrogens is 2. The number of aromatic amines is 1. The van der Waals surface area contributed by atoms with E-state index in [1.807, 2.05) is 6.07 Å². The molecule has 0 radical (unpaired) electrons. The molecule has 0 saturated carbocycles. The molecule has 0 aliphatic heterocycles. The van der Waals surface area contributed by atoms with Gasteiger partial charge in [0.1, 0.15) is 0 Å². The number of nitrogens with zero attached hydrogens (tertiary/aromatic N) is 1. The predicted octanol–water partition coefficient (Wildman–Crippen LogP) is 1.53. The number of H-pyrrole nitrogens is 1. The first kappa shape index (κ1) is 7.72. The highest BCUT2D eigenvalue weighted by Crippen LogP contribution is 2.08. The summed E-state index contributed by atoms with van der Waals surface area (Å²) in [7, 11) is 0. The van der Waals surface area contributed by atoms with Crippen LogP contribution in [0.4, 0.5) is 0 Å². The smallest absolute Gasteiger partial charge is 0.256 e. The molecule has 0 amide bonds. The van der Waals surface area contributed by atoms with E-state index in [9.17, 15) is 4.79 Å². The largest absolute Gasteiger partial charge is 0.317 e. The van der Waals surface area contributed by atoms with E-state index in [4.69, 9.17) is 0 Å². The van der Waals surface area contributed by atoms with E-state index in [0.717, 1.165) is 9.09 Å². The van der Waals surface area contributed by atoms with Gasteiger partial charge in [0, 0.05) is 17.8 Å². The van der Waals surface area contributed by atoms with Crippen LogP contribution < -0.4 is 5.56 Å². The van der Waals surface area contributed by atoms with E-state index >= 15 is 0 Å². The fraction of sp³-hybridized carbons (Fsp3) is 0. The second-order valence-corrected chi connectivity index (χ2v) is 3.57. The van der Waals surface area contributed by atoms with Crippen LogP contribution in [0, 0.1) is 3.70 Å². The Morgan fingerprint density at radius 3 is 3.17 bits per heavy atom. The SMILES string of the molecule is O=c1[nH]c(I)cc2cnccc12. The first-order chi connectivity index (χ1) is 5.77. The third kappa shape index (κ3) is 1.22. The van der Waals surface area contributed by atoms with Gasteiger partial charge in [-0.3, -0.25) is 9.78 Å². The Morgan fingerprint density at radius 2 is 2.33 bits per heavy atom. The lowest BCUT2D eigenvalue weighted by Crippen LogP contribution is -2.07. The summed E-state index contributed by atoms with van der Waals surface area (Å²) in [5.74, 6) is 0. The van der Waals surface area contributed by atoms with Gasteiger partial charge in [-0.05, 0) is 34.7 Å². The minimum atomic E-state index is -0.0562. The zero-order valence-electron chi connectivity index (χ0n) is 6.04. The van der Waals surface area contributed by atoms with Crippen molar-refractivity contribution in [1.29, 1.82) is 0 Å². The van der Waals surface area contributed by atoms with Crippen molar-refractivity contribution in [3.8, 4) is 0 Å². The molecule has 4 heteroatoms. The molecule has 2 aromatic rings. The van der Waals surface area contributed by atoms with Crippen LogP contribution in [-0.2, 0) is 0 Å². The van der Waals surface area contributed by atoms with E-state index < -0.39 is 0 Å². The van der Waals surface area contributed by atoms with Crippen molar-refractivity contribution in [3.63, 3.8) is 0 Å². The van der Waals surface area contributed by atoms with Crippen LogP contribution in [-0.4, -0.2) is 9.97 Å². The lowest BCUT2D eigenvalue weighted by atomic mass is 10.2. The average molecular weight is 272 g/mol. The molecule has 2 rings (SSSR count). The van der Waals surface area contributed by atoms with E-state index in [-0.39, 0.29) is 5.56 Å². The molecular weight excluding hydrogens is 267 g/mol. The number of hydrogen-bond acceptors (Lipinski definition) is 2. The molecule has 1 N–H and O–H groups in total. The molecule has 0 bridgehead atoms. The molecule has 60 valence electrons. The van der Waals surface area contributed by atoms with Gasteiger partial charge < -0.3 is 4.98 Å². The summed E-state index contributed by atoms with van der Waals surface area (Å²) < 4.78 is 0.832. The molecule has 0 atom stereocenters. The maximum absolute atomic E-state index is 11.3. The van der Waals surface area contributed by atoms with Crippen molar-refractivity contribution in [2.75, 3.05) is 0 Å².